The number of hydrogen-bond donors (Lipinski definition) is 1. The zero-order valence-corrected chi connectivity index (χ0v) is 13.8. The van der Waals surface area contributed by atoms with Crippen molar-refractivity contribution in [1.82, 2.24) is 0 Å². The molecule has 0 aliphatic carbocycles. The minimum atomic E-state index is 0. The van der Waals surface area contributed by atoms with Gasteiger partial charge in [0.1, 0.15) is 12.4 Å². The summed E-state index contributed by atoms with van der Waals surface area (Å²) in [6.45, 7) is 1.59. The highest BCUT2D eigenvalue weighted by Gasteiger charge is 2.16. The van der Waals surface area contributed by atoms with Crippen molar-refractivity contribution in [3.05, 3.63) is 24.6 Å². The van der Waals surface area contributed by atoms with Crippen LogP contribution in [0.15, 0.2) is 24.6 Å². The number of quaternary nitrogens is 1. The summed E-state index contributed by atoms with van der Waals surface area (Å²) < 4.78 is 0.983. The van der Waals surface area contributed by atoms with Crippen LogP contribution in [0.25, 0.3) is 0 Å². The summed E-state index contributed by atoms with van der Waals surface area (Å²) in [5.41, 5.74) is 0. The Morgan fingerprint density at radius 1 is 0.778 bits per heavy atom. The van der Waals surface area contributed by atoms with Gasteiger partial charge in [0.25, 0.3) is 0 Å². The molecule has 0 saturated heterocycles. The van der Waals surface area contributed by atoms with Crippen molar-refractivity contribution >= 4 is 0 Å². The van der Waals surface area contributed by atoms with E-state index in [0.29, 0.717) is 6.61 Å². The third-order valence-electron chi connectivity index (χ3n) is 3.51. The maximum absolute atomic E-state index is 8.65. The quantitative estimate of drug-likeness (QED) is 0.341. The Balaban J connectivity index is 0.00000289. The molecule has 0 saturated carbocycles. The molecule has 2 nitrogen and oxygen atoms in total. The molecule has 1 aliphatic heterocycles. The first-order chi connectivity index (χ1) is 8.27. The lowest BCUT2D eigenvalue weighted by Gasteiger charge is -2.22. The average Bonchev–Trinajstić information content (AvgIpc) is 2.74. The Morgan fingerprint density at radius 2 is 1.22 bits per heavy atom. The monoisotopic (exact) mass is 365 g/mol. The van der Waals surface area contributed by atoms with Crippen LogP contribution in [-0.4, -0.2) is 29.8 Å². The molecule has 0 atom stereocenters. The van der Waals surface area contributed by atoms with Crippen LogP contribution in [0.2, 0.25) is 0 Å². The van der Waals surface area contributed by atoms with Gasteiger partial charge in [-0.1, -0.05) is 32.1 Å². The van der Waals surface area contributed by atoms with Crippen molar-refractivity contribution in [2.75, 3.05) is 20.2 Å². The van der Waals surface area contributed by atoms with Crippen molar-refractivity contribution < 1.29 is 33.6 Å². The van der Waals surface area contributed by atoms with Gasteiger partial charge < -0.3 is 29.1 Å². The number of nitrogens with zero attached hydrogens (tertiary/aromatic N) is 1. The van der Waals surface area contributed by atoms with Gasteiger partial charge >= 0.3 is 0 Å². The van der Waals surface area contributed by atoms with E-state index in [4.69, 9.17) is 5.11 Å². The summed E-state index contributed by atoms with van der Waals surface area (Å²) in [5, 5.41) is 8.65. The molecule has 1 N–H and O–H groups in total. The Morgan fingerprint density at radius 3 is 1.72 bits per heavy atom. The second kappa shape index (κ2) is 11.0. The van der Waals surface area contributed by atoms with Crippen molar-refractivity contribution in [2.24, 2.45) is 0 Å². The predicted octanol–water partition coefficient (Wildman–Crippen LogP) is 0.591. The number of halogens is 1. The van der Waals surface area contributed by atoms with Crippen molar-refractivity contribution in [3.8, 4) is 0 Å². The molecule has 3 heteroatoms. The fourth-order valence-electron chi connectivity index (χ4n) is 2.32. The summed E-state index contributed by atoms with van der Waals surface area (Å²) in [4.78, 5) is 0. The van der Waals surface area contributed by atoms with Crippen LogP contribution in [-0.2, 0) is 0 Å². The molecular formula is C15H28INO. The van der Waals surface area contributed by atoms with Gasteiger partial charge in [0.05, 0.1) is 13.6 Å². The Kier molecular flexibility index (Phi) is 11.1. The van der Waals surface area contributed by atoms with Gasteiger partial charge in [-0.25, -0.2) is 0 Å². The zero-order valence-electron chi connectivity index (χ0n) is 11.7. The molecule has 1 aliphatic rings. The lowest BCUT2D eigenvalue weighted by atomic mass is 10.1. The summed E-state index contributed by atoms with van der Waals surface area (Å²) in [6.07, 6.45) is 19.0. The molecule has 0 bridgehead atoms. The van der Waals surface area contributed by atoms with E-state index in [1.54, 1.807) is 0 Å². The van der Waals surface area contributed by atoms with E-state index in [2.05, 4.69) is 31.6 Å². The molecule has 0 amide bonds. The normalized spacial score (nSPS) is 15.9. The molecule has 0 fully saturated rings. The molecule has 0 aromatic heterocycles. The third-order valence-corrected chi connectivity index (χ3v) is 3.51. The maximum Gasteiger partial charge on any atom is 0.100 e. The zero-order chi connectivity index (χ0) is 12.4. The topological polar surface area (TPSA) is 20.2 Å². The maximum atomic E-state index is 8.65. The first-order valence-electron chi connectivity index (χ1n) is 7.10. The summed E-state index contributed by atoms with van der Waals surface area (Å²) >= 11 is 0. The van der Waals surface area contributed by atoms with Gasteiger partial charge in [-0.15, -0.1) is 0 Å². The lowest BCUT2D eigenvalue weighted by molar-refractivity contribution is -0.804. The molecule has 0 spiro atoms. The van der Waals surface area contributed by atoms with Crippen LogP contribution in [0.1, 0.15) is 51.4 Å². The van der Waals surface area contributed by atoms with Crippen molar-refractivity contribution in [3.63, 3.8) is 0 Å². The number of unbranched alkanes of at least 4 members (excludes halogenated alkanes) is 7. The highest BCUT2D eigenvalue weighted by Crippen LogP contribution is 2.15. The first kappa shape index (κ1) is 18.1. The molecule has 1 heterocycles. The SMILES string of the molecule is C[N+]1(CCCCCCCCCCO)C=CC=C1.[I-]. The highest BCUT2D eigenvalue weighted by molar-refractivity contribution is 5.03. The Bertz CT molecular complexity index is 239. The van der Waals surface area contributed by atoms with E-state index in [9.17, 15) is 0 Å². The van der Waals surface area contributed by atoms with Gasteiger partial charge in [-0.05, 0) is 31.4 Å². The van der Waals surface area contributed by atoms with Crippen LogP contribution < -0.4 is 24.0 Å². The average molecular weight is 365 g/mol. The number of aliphatic hydroxyl groups is 1. The molecular weight excluding hydrogens is 337 g/mol. The number of allylic oxidation sites excluding steroid dienone is 2. The smallest absolute Gasteiger partial charge is 0.100 e. The third kappa shape index (κ3) is 8.27. The van der Waals surface area contributed by atoms with Crippen LogP contribution in [0.4, 0.5) is 0 Å². The number of hydrogen-bond acceptors (Lipinski definition) is 1. The molecule has 18 heavy (non-hydrogen) atoms. The van der Waals surface area contributed by atoms with Crippen molar-refractivity contribution in [1.29, 1.82) is 0 Å². The summed E-state index contributed by atoms with van der Waals surface area (Å²) in [5.74, 6) is 0. The standard InChI is InChI=1S/C15H28NO.HI/c1-16(13-9-10-14-16)12-8-6-4-2-3-5-7-11-15-17;/h9-10,13-14,17H,2-8,11-12,15H2,1H3;1H/q+1;/p-1. The van der Waals surface area contributed by atoms with Gasteiger partial charge in [-0.3, -0.25) is 4.48 Å². The molecule has 0 aromatic carbocycles. The molecule has 106 valence electrons. The Hall–Kier alpha value is 0.130. The fraction of sp³-hybridized carbons (Fsp3) is 0.733. The highest BCUT2D eigenvalue weighted by atomic mass is 127. The first-order valence-corrected chi connectivity index (χ1v) is 7.10. The van der Waals surface area contributed by atoms with E-state index in [-0.39, 0.29) is 24.0 Å². The predicted molar refractivity (Wildman–Crippen MR) is 73.4 cm³/mol. The van der Waals surface area contributed by atoms with Gasteiger partial charge in [0.2, 0.25) is 0 Å². The molecule has 0 unspecified atom stereocenters. The fourth-order valence-corrected chi connectivity index (χ4v) is 2.32. The van der Waals surface area contributed by atoms with Gasteiger partial charge in [0.15, 0.2) is 0 Å². The largest absolute Gasteiger partial charge is 1.00 e. The van der Waals surface area contributed by atoms with Crippen LogP contribution in [0, 0.1) is 0 Å². The van der Waals surface area contributed by atoms with Gasteiger partial charge in [0, 0.05) is 6.61 Å². The number of rotatable bonds is 10. The van der Waals surface area contributed by atoms with Crippen LogP contribution >= 0.6 is 0 Å². The van der Waals surface area contributed by atoms with Crippen molar-refractivity contribution in [2.45, 2.75) is 51.4 Å². The number of aliphatic hydroxyl groups excluding tert-OH is 1. The van der Waals surface area contributed by atoms with E-state index < -0.39 is 0 Å². The Labute approximate surface area is 129 Å². The van der Waals surface area contributed by atoms with E-state index >= 15 is 0 Å². The molecule has 0 radical (unpaired) electrons. The van der Waals surface area contributed by atoms with E-state index in [1.807, 2.05) is 0 Å². The van der Waals surface area contributed by atoms with Crippen LogP contribution in [0.5, 0.6) is 0 Å². The minimum absolute atomic E-state index is 0. The van der Waals surface area contributed by atoms with E-state index in [1.165, 1.54) is 51.5 Å². The second-order valence-electron chi connectivity index (χ2n) is 5.31. The molecule has 1 rings (SSSR count). The lowest BCUT2D eigenvalue weighted by Crippen LogP contribution is -3.00. The van der Waals surface area contributed by atoms with E-state index in [0.717, 1.165) is 10.9 Å². The molecule has 0 aromatic rings. The second-order valence-corrected chi connectivity index (χ2v) is 5.31. The summed E-state index contributed by atoms with van der Waals surface area (Å²) in [6, 6.07) is 0. The van der Waals surface area contributed by atoms with Gasteiger partial charge in [-0.2, -0.15) is 0 Å². The minimum Gasteiger partial charge on any atom is -1.00 e. The summed E-state index contributed by atoms with van der Waals surface area (Å²) in [7, 11) is 2.26. The van der Waals surface area contributed by atoms with Crippen LogP contribution in [0.3, 0.4) is 0 Å².